The normalized spacial score (nSPS) is 19.1. The highest BCUT2D eigenvalue weighted by Crippen LogP contribution is 2.53. The van der Waals surface area contributed by atoms with Crippen LogP contribution in [0.5, 0.6) is 5.75 Å². The van der Waals surface area contributed by atoms with Crippen LogP contribution in [-0.2, 0) is 51.8 Å². The van der Waals surface area contributed by atoms with Crippen molar-refractivity contribution in [3.05, 3.63) is 101 Å². The number of carbonyl (C=O) groups is 7. The fourth-order valence-corrected chi connectivity index (χ4v) is 9.89. The van der Waals surface area contributed by atoms with Gasteiger partial charge in [0.05, 0.1) is 18.8 Å². The SMILES string of the molecule is CSCC[C@H](NC(=O)[C@@H](N)CCSC)C(=O)N[C@@H](CC(=O)O)C(=O)N1[C@H]2Nc3ccccc3[C@@]2(C/C=C(\C)CCC=C(C)C)C[C@H]1C(=O)N[C@@H](Cc1cnc[nH]1)C(=O)N[C@@H](Cc1ccc(O)cc1)C(=O)O. The van der Waals surface area contributed by atoms with Gasteiger partial charge >= 0.3 is 11.9 Å². The summed E-state index contributed by atoms with van der Waals surface area (Å²) in [5, 5.41) is 44.4. The third-order valence-corrected chi connectivity index (χ3v) is 14.0. The van der Waals surface area contributed by atoms with Crippen molar-refractivity contribution < 1.29 is 48.9 Å². The summed E-state index contributed by atoms with van der Waals surface area (Å²) < 4.78 is 0. The lowest BCUT2D eigenvalue weighted by molar-refractivity contribution is -0.147. The zero-order valence-corrected chi connectivity index (χ0v) is 42.4. The Balaban J connectivity index is 1.56. The van der Waals surface area contributed by atoms with Gasteiger partial charge in [0.1, 0.15) is 42.1 Å². The number of imidazole rings is 1. The van der Waals surface area contributed by atoms with E-state index in [2.05, 4.69) is 48.7 Å². The molecule has 1 fully saturated rings. The molecule has 2 aliphatic heterocycles. The minimum Gasteiger partial charge on any atom is -0.508 e. The third kappa shape index (κ3) is 15.1. The Kier molecular flexibility index (Phi) is 20.5. The van der Waals surface area contributed by atoms with Crippen LogP contribution in [0.1, 0.15) is 82.5 Å². The molecule has 0 radical (unpaired) electrons. The molecule has 21 heteroatoms. The number of nitrogens with zero attached hydrogens (tertiary/aromatic N) is 2. The monoisotopic (exact) mass is 1020 g/mol. The van der Waals surface area contributed by atoms with Gasteiger partial charge in [-0.05, 0) is 113 Å². The average molecular weight is 1020 g/mol. The Morgan fingerprint density at radius 3 is 2.15 bits per heavy atom. The average Bonchev–Trinajstić information content (AvgIpc) is 4.05. The molecule has 0 unspecified atom stereocenters. The standard InChI is InChI=1S/C50H67N9O10S2/c1-29(2)9-8-10-30(3)17-20-50-26-41(46(66)55-38(24-32-27-52-28-53-32)45(65)57-40(48(68)69)23-31-13-15-33(60)16-14-31)59(49(50)58-36-12-7-6-11-34(36)50)47(67)39(25-42(61)62)56-44(64)37(19-22-71-5)54-43(63)35(51)18-21-70-4/h6-7,9,11-17,27-28,35,37-41,49,58,60H,8,10,18-26,51H2,1-5H3,(H,52,53)(H,54,63)(H,55,66)(H,56,64)(H,57,65)(H,61,62)(H,68,69)/b30-17+/t35-,37-,38-,39-,40-,41-,49+,50+/m0/s1. The molecule has 5 rings (SSSR count). The van der Waals surface area contributed by atoms with Crippen molar-refractivity contribution in [2.24, 2.45) is 5.73 Å². The van der Waals surface area contributed by atoms with Gasteiger partial charge < -0.3 is 57.5 Å². The first kappa shape index (κ1) is 55.6. The Hall–Kier alpha value is -6.32. The van der Waals surface area contributed by atoms with E-state index < -0.39 is 95.7 Å². The summed E-state index contributed by atoms with van der Waals surface area (Å²) in [6.45, 7) is 6.05. The number of aromatic hydroxyl groups is 1. The maximum absolute atomic E-state index is 15.4. The summed E-state index contributed by atoms with van der Waals surface area (Å²) >= 11 is 2.92. The van der Waals surface area contributed by atoms with E-state index >= 15 is 9.59 Å². The van der Waals surface area contributed by atoms with Gasteiger partial charge in [-0.1, -0.05) is 53.6 Å². The van der Waals surface area contributed by atoms with Crippen LogP contribution in [0.4, 0.5) is 5.69 Å². The highest BCUT2D eigenvalue weighted by molar-refractivity contribution is 7.98. The zero-order valence-electron chi connectivity index (χ0n) is 40.7. The van der Waals surface area contributed by atoms with Crippen LogP contribution in [0.2, 0.25) is 0 Å². The summed E-state index contributed by atoms with van der Waals surface area (Å²) in [7, 11) is 0. The van der Waals surface area contributed by atoms with Gasteiger partial charge in [0.2, 0.25) is 29.5 Å². The number of aliphatic carboxylic acids is 2. The van der Waals surface area contributed by atoms with Crippen molar-refractivity contribution in [1.29, 1.82) is 0 Å². The molecule has 1 saturated heterocycles. The summed E-state index contributed by atoms with van der Waals surface area (Å²) in [5.74, 6) is -5.74. The van der Waals surface area contributed by atoms with Crippen LogP contribution in [0.25, 0.3) is 0 Å². The largest absolute Gasteiger partial charge is 0.508 e. The number of carboxylic acids is 2. The molecule has 0 aliphatic carbocycles. The Bertz CT molecular complexity index is 2410. The predicted molar refractivity (Wildman–Crippen MR) is 274 cm³/mol. The molecule has 3 heterocycles. The molecule has 384 valence electrons. The van der Waals surface area contributed by atoms with Crippen molar-refractivity contribution in [2.75, 3.05) is 29.3 Å². The number of rotatable bonds is 27. The molecule has 2 aromatic carbocycles. The summed E-state index contributed by atoms with van der Waals surface area (Å²) in [6, 6.07) is 5.15. The molecular weight excluding hydrogens is 951 g/mol. The number of nitrogens with two attached hydrogens (primary N) is 1. The number of allylic oxidation sites excluding steroid dienone is 4. The minimum absolute atomic E-state index is 0.0118. The van der Waals surface area contributed by atoms with Gasteiger partial charge in [0.25, 0.3) is 0 Å². The maximum atomic E-state index is 15.4. The maximum Gasteiger partial charge on any atom is 0.326 e. The highest BCUT2D eigenvalue weighted by Gasteiger charge is 2.61. The fraction of sp³-hybridized carbons (Fsp3) is 0.480. The quantitative estimate of drug-likeness (QED) is 0.0488. The molecule has 19 nitrogen and oxygen atoms in total. The fourth-order valence-electron chi connectivity index (χ4n) is 8.93. The second kappa shape index (κ2) is 26.2. The Morgan fingerprint density at radius 1 is 0.845 bits per heavy atom. The topological polar surface area (TPSA) is 298 Å². The number of likely N-dealkylation sites (tertiary alicyclic amines) is 1. The van der Waals surface area contributed by atoms with Crippen molar-refractivity contribution in [3.63, 3.8) is 0 Å². The van der Waals surface area contributed by atoms with Gasteiger partial charge in [-0.3, -0.25) is 28.8 Å². The van der Waals surface area contributed by atoms with Gasteiger partial charge in [-0.2, -0.15) is 23.5 Å². The number of benzene rings is 2. The number of hydrogen-bond donors (Lipinski definition) is 10. The van der Waals surface area contributed by atoms with E-state index in [0.29, 0.717) is 41.3 Å². The lowest BCUT2D eigenvalue weighted by Gasteiger charge is -2.35. The molecule has 0 saturated carbocycles. The van der Waals surface area contributed by atoms with Crippen molar-refractivity contribution in [1.82, 2.24) is 36.1 Å². The van der Waals surface area contributed by atoms with E-state index in [9.17, 15) is 39.3 Å². The van der Waals surface area contributed by atoms with Gasteiger partial charge in [0.15, 0.2) is 0 Å². The number of para-hydroxylation sites is 1. The van der Waals surface area contributed by atoms with Crippen molar-refractivity contribution in [3.8, 4) is 5.75 Å². The first-order valence-electron chi connectivity index (χ1n) is 23.5. The van der Waals surface area contributed by atoms with Crippen molar-refractivity contribution >= 4 is 70.7 Å². The Morgan fingerprint density at radius 2 is 1.51 bits per heavy atom. The third-order valence-electron chi connectivity index (χ3n) is 12.7. The molecule has 11 N–H and O–H groups in total. The van der Waals surface area contributed by atoms with E-state index in [1.165, 1.54) is 70.8 Å². The number of nitrogens with one attached hydrogen (secondary N) is 6. The first-order chi connectivity index (χ1) is 33.9. The summed E-state index contributed by atoms with van der Waals surface area (Å²) in [6.07, 6.45) is 10.9. The van der Waals surface area contributed by atoms with Gasteiger partial charge in [-0.15, -0.1) is 0 Å². The molecule has 2 aliphatic rings. The number of thioether (sulfide) groups is 2. The number of carbonyl (C=O) groups excluding carboxylic acids is 5. The lowest BCUT2D eigenvalue weighted by atomic mass is 9.74. The number of aromatic amines is 1. The Labute approximate surface area is 422 Å². The van der Waals surface area contributed by atoms with Crippen molar-refractivity contribution in [2.45, 2.75) is 126 Å². The second-order valence-electron chi connectivity index (χ2n) is 18.3. The number of aromatic nitrogens is 2. The number of amides is 5. The molecule has 3 aromatic rings. The number of hydrogen-bond acceptors (Lipinski definition) is 13. The molecule has 5 amide bonds. The van der Waals surface area contributed by atoms with Crippen LogP contribution < -0.4 is 32.3 Å². The summed E-state index contributed by atoms with van der Waals surface area (Å²) in [4.78, 5) is 106. The van der Waals surface area contributed by atoms with E-state index in [1.54, 1.807) is 0 Å². The van der Waals surface area contributed by atoms with E-state index in [0.717, 1.165) is 24.0 Å². The number of H-pyrrole nitrogens is 1. The molecule has 0 bridgehead atoms. The molecule has 71 heavy (non-hydrogen) atoms. The van der Waals surface area contributed by atoms with Gasteiger partial charge in [0, 0.05) is 35.8 Å². The minimum atomic E-state index is -1.74. The second-order valence-corrected chi connectivity index (χ2v) is 20.3. The number of phenols is 1. The van der Waals surface area contributed by atoms with E-state index in [4.69, 9.17) is 5.73 Å². The van der Waals surface area contributed by atoms with Crippen LogP contribution >= 0.6 is 23.5 Å². The van der Waals surface area contributed by atoms with Crippen LogP contribution in [0, 0.1) is 0 Å². The highest BCUT2D eigenvalue weighted by atomic mass is 32.2. The van der Waals surface area contributed by atoms with Crippen LogP contribution in [-0.4, -0.2) is 138 Å². The van der Waals surface area contributed by atoms with E-state index in [1.807, 2.05) is 57.5 Å². The number of carboxylic acid groups (broad SMARTS) is 2. The first-order valence-corrected chi connectivity index (χ1v) is 26.3. The zero-order chi connectivity index (χ0) is 51.8. The molecule has 0 spiro atoms. The predicted octanol–water partition coefficient (Wildman–Crippen LogP) is 3.61. The van der Waals surface area contributed by atoms with Crippen LogP contribution in [0.3, 0.4) is 0 Å². The molecular formula is C50H67N9O10S2. The lowest BCUT2D eigenvalue weighted by Crippen LogP contribution is -2.61. The van der Waals surface area contributed by atoms with E-state index in [-0.39, 0.29) is 31.4 Å². The number of anilines is 1. The van der Waals surface area contributed by atoms with Gasteiger partial charge in [-0.25, -0.2) is 9.78 Å². The molecule has 8 atom stereocenters. The smallest absolute Gasteiger partial charge is 0.326 e. The molecule has 1 aromatic heterocycles. The van der Waals surface area contributed by atoms with Crippen LogP contribution in [0.15, 0.2) is 84.4 Å². The number of fused-ring (bicyclic) bond motifs is 3. The number of phenolic OH excluding ortho intramolecular Hbond substituents is 1. The summed E-state index contributed by atoms with van der Waals surface area (Å²) in [5.41, 5.74) is 9.80.